The topological polar surface area (TPSA) is 78.0 Å². The standard InChI is InChI=1S/C16H19N5/c1-21(15-6-3-2-4-7-15)9-5-8-19-16-13(11-17)10-14(18)12-20-16/h2-4,6-7,10,12H,5,8-9,18H2,1H3,(H,19,20). The minimum atomic E-state index is 0.478. The SMILES string of the molecule is CN(CCCNc1ncc(N)cc1C#N)c1ccccc1. The Bertz CT molecular complexity index is 618. The van der Waals surface area contributed by atoms with Gasteiger partial charge in [0.1, 0.15) is 11.9 Å². The molecule has 1 aromatic heterocycles. The van der Waals surface area contributed by atoms with Crippen molar-refractivity contribution in [3.63, 3.8) is 0 Å². The lowest BCUT2D eigenvalue weighted by molar-refractivity contribution is 0.814. The maximum atomic E-state index is 9.04. The van der Waals surface area contributed by atoms with Gasteiger partial charge < -0.3 is 16.0 Å². The Labute approximate surface area is 125 Å². The second kappa shape index (κ2) is 7.15. The molecule has 0 aliphatic carbocycles. The summed E-state index contributed by atoms with van der Waals surface area (Å²) < 4.78 is 0. The number of rotatable bonds is 6. The number of aromatic nitrogens is 1. The van der Waals surface area contributed by atoms with Gasteiger partial charge in [0.25, 0.3) is 0 Å². The van der Waals surface area contributed by atoms with Crippen molar-refractivity contribution < 1.29 is 0 Å². The number of anilines is 3. The number of nitriles is 1. The molecule has 5 heteroatoms. The third kappa shape index (κ3) is 4.11. The summed E-state index contributed by atoms with van der Waals surface area (Å²) in [6, 6.07) is 14.0. The van der Waals surface area contributed by atoms with Crippen LogP contribution in [0, 0.1) is 11.3 Å². The smallest absolute Gasteiger partial charge is 0.144 e. The Hall–Kier alpha value is -2.74. The van der Waals surface area contributed by atoms with Crippen LogP contribution in [0.4, 0.5) is 17.2 Å². The zero-order chi connectivity index (χ0) is 15.1. The molecule has 2 rings (SSSR count). The number of nitrogen functional groups attached to an aromatic ring is 1. The highest BCUT2D eigenvalue weighted by atomic mass is 15.1. The summed E-state index contributed by atoms with van der Waals surface area (Å²) in [6.45, 7) is 1.68. The molecule has 0 atom stereocenters. The highest BCUT2D eigenvalue weighted by Gasteiger charge is 2.04. The van der Waals surface area contributed by atoms with Crippen LogP contribution in [0.2, 0.25) is 0 Å². The maximum absolute atomic E-state index is 9.04. The number of pyridine rings is 1. The first-order valence-electron chi connectivity index (χ1n) is 6.86. The van der Waals surface area contributed by atoms with Crippen LogP contribution in [0.3, 0.4) is 0 Å². The Morgan fingerprint density at radius 1 is 1.33 bits per heavy atom. The predicted molar refractivity (Wildman–Crippen MR) is 86.2 cm³/mol. The molecule has 5 nitrogen and oxygen atoms in total. The van der Waals surface area contributed by atoms with Gasteiger partial charge in [0.15, 0.2) is 0 Å². The van der Waals surface area contributed by atoms with Crippen LogP contribution in [0.25, 0.3) is 0 Å². The minimum Gasteiger partial charge on any atom is -0.397 e. The van der Waals surface area contributed by atoms with E-state index in [-0.39, 0.29) is 0 Å². The van der Waals surface area contributed by atoms with Crippen LogP contribution in [0.1, 0.15) is 12.0 Å². The molecule has 0 saturated carbocycles. The summed E-state index contributed by atoms with van der Waals surface area (Å²) in [4.78, 5) is 6.35. The maximum Gasteiger partial charge on any atom is 0.144 e. The first kappa shape index (κ1) is 14.7. The molecular formula is C16H19N5. The lowest BCUT2D eigenvalue weighted by Gasteiger charge is -2.19. The summed E-state index contributed by atoms with van der Waals surface area (Å²) in [5.41, 5.74) is 7.79. The van der Waals surface area contributed by atoms with E-state index in [0.717, 1.165) is 19.5 Å². The second-order valence-corrected chi connectivity index (χ2v) is 4.81. The number of hydrogen-bond donors (Lipinski definition) is 2. The number of para-hydroxylation sites is 1. The van der Waals surface area contributed by atoms with E-state index in [9.17, 15) is 0 Å². The molecule has 1 heterocycles. The van der Waals surface area contributed by atoms with Gasteiger partial charge in [0, 0.05) is 25.8 Å². The highest BCUT2D eigenvalue weighted by Crippen LogP contribution is 2.14. The lowest BCUT2D eigenvalue weighted by Crippen LogP contribution is -2.21. The summed E-state index contributed by atoms with van der Waals surface area (Å²) in [5.74, 6) is 0.592. The molecule has 0 unspecified atom stereocenters. The van der Waals surface area contributed by atoms with Crippen LogP contribution in [0.5, 0.6) is 0 Å². The number of benzene rings is 1. The van der Waals surface area contributed by atoms with Crippen molar-refractivity contribution in [1.82, 2.24) is 4.98 Å². The summed E-state index contributed by atoms with van der Waals surface area (Å²) in [5, 5.41) is 12.2. The second-order valence-electron chi connectivity index (χ2n) is 4.81. The van der Waals surface area contributed by atoms with Crippen LogP contribution in [-0.4, -0.2) is 25.1 Å². The van der Waals surface area contributed by atoms with Crippen molar-refractivity contribution in [1.29, 1.82) is 5.26 Å². The van der Waals surface area contributed by atoms with E-state index in [1.165, 1.54) is 5.69 Å². The minimum absolute atomic E-state index is 0.478. The first-order valence-corrected chi connectivity index (χ1v) is 6.86. The molecule has 21 heavy (non-hydrogen) atoms. The molecule has 108 valence electrons. The van der Waals surface area contributed by atoms with Gasteiger partial charge in [0.2, 0.25) is 0 Å². The molecule has 2 aromatic rings. The summed E-state index contributed by atoms with van der Waals surface area (Å²) in [6.07, 6.45) is 2.50. The van der Waals surface area contributed by atoms with E-state index in [4.69, 9.17) is 11.0 Å². The zero-order valence-electron chi connectivity index (χ0n) is 12.1. The molecular weight excluding hydrogens is 262 g/mol. The number of hydrogen-bond acceptors (Lipinski definition) is 5. The molecule has 0 amide bonds. The molecule has 0 saturated heterocycles. The Balaban J connectivity index is 1.82. The fourth-order valence-electron chi connectivity index (χ4n) is 2.04. The van der Waals surface area contributed by atoms with Gasteiger partial charge in [-0.25, -0.2) is 4.98 Å². The lowest BCUT2D eigenvalue weighted by atomic mass is 10.2. The summed E-state index contributed by atoms with van der Waals surface area (Å²) in [7, 11) is 2.07. The van der Waals surface area contributed by atoms with E-state index in [1.807, 2.05) is 18.2 Å². The van der Waals surface area contributed by atoms with E-state index >= 15 is 0 Å². The normalized spacial score (nSPS) is 9.90. The third-order valence-electron chi connectivity index (χ3n) is 3.19. The van der Waals surface area contributed by atoms with Crippen molar-refractivity contribution in [2.75, 3.05) is 36.1 Å². The van der Waals surface area contributed by atoms with Gasteiger partial charge in [-0.05, 0) is 24.6 Å². The van der Waals surface area contributed by atoms with Crippen LogP contribution < -0.4 is 16.0 Å². The van der Waals surface area contributed by atoms with Gasteiger partial charge in [-0.2, -0.15) is 5.26 Å². The number of nitrogens with two attached hydrogens (primary N) is 1. The van der Waals surface area contributed by atoms with Gasteiger partial charge in [0.05, 0.1) is 17.4 Å². The number of nitrogens with zero attached hydrogens (tertiary/aromatic N) is 3. The average molecular weight is 281 g/mol. The monoisotopic (exact) mass is 281 g/mol. The van der Waals surface area contributed by atoms with E-state index < -0.39 is 0 Å². The first-order chi connectivity index (χ1) is 10.2. The Kier molecular flexibility index (Phi) is 4.99. The van der Waals surface area contributed by atoms with Crippen molar-refractivity contribution in [3.05, 3.63) is 48.2 Å². The van der Waals surface area contributed by atoms with Gasteiger partial charge in [-0.3, -0.25) is 0 Å². The molecule has 1 aromatic carbocycles. The fourth-order valence-corrected chi connectivity index (χ4v) is 2.04. The van der Waals surface area contributed by atoms with Crippen molar-refractivity contribution >= 4 is 17.2 Å². The largest absolute Gasteiger partial charge is 0.397 e. The summed E-state index contributed by atoms with van der Waals surface area (Å²) >= 11 is 0. The molecule has 0 radical (unpaired) electrons. The number of nitrogens with one attached hydrogen (secondary N) is 1. The average Bonchev–Trinajstić information content (AvgIpc) is 2.53. The molecule has 0 spiro atoms. The molecule has 0 fully saturated rings. The Morgan fingerprint density at radius 3 is 2.81 bits per heavy atom. The fraction of sp³-hybridized carbons (Fsp3) is 0.250. The van der Waals surface area contributed by atoms with Crippen molar-refractivity contribution in [2.24, 2.45) is 0 Å². The van der Waals surface area contributed by atoms with Crippen LogP contribution in [0.15, 0.2) is 42.6 Å². The van der Waals surface area contributed by atoms with Crippen LogP contribution in [-0.2, 0) is 0 Å². The third-order valence-corrected chi connectivity index (χ3v) is 3.19. The van der Waals surface area contributed by atoms with E-state index in [2.05, 4.69) is 40.5 Å². The van der Waals surface area contributed by atoms with Crippen molar-refractivity contribution in [2.45, 2.75) is 6.42 Å². The molecule has 0 aliphatic heterocycles. The van der Waals surface area contributed by atoms with Gasteiger partial charge >= 0.3 is 0 Å². The highest BCUT2D eigenvalue weighted by molar-refractivity contribution is 5.57. The van der Waals surface area contributed by atoms with Gasteiger partial charge in [-0.1, -0.05) is 18.2 Å². The van der Waals surface area contributed by atoms with Crippen LogP contribution >= 0.6 is 0 Å². The quantitative estimate of drug-likeness (QED) is 0.795. The zero-order valence-corrected chi connectivity index (χ0v) is 12.1. The molecule has 3 N–H and O–H groups in total. The van der Waals surface area contributed by atoms with E-state index in [1.54, 1.807) is 12.3 Å². The molecule has 0 bridgehead atoms. The van der Waals surface area contributed by atoms with Gasteiger partial charge in [-0.15, -0.1) is 0 Å². The predicted octanol–water partition coefficient (Wildman–Crippen LogP) is 2.47. The Morgan fingerprint density at radius 2 is 2.10 bits per heavy atom. The van der Waals surface area contributed by atoms with Crippen molar-refractivity contribution in [3.8, 4) is 6.07 Å². The van der Waals surface area contributed by atoms with E-state index in [0.29, 0.717) is 17.1 Å². The molecule has 0 aliphatic rings.